The molecule has 1 aliphatic heterocycles. The van der Waals surface area contributed by atoms with Crippen molar-refractivity contribution in [3.8, 4) is 0 Å². The Hall–Kier alpha value is -3.11. The molecule has 0 aliphatic carbocycles. The number of hydrogen-bond donors (Lipinski definition) is 1. The highest BCUT2D eigenvalue weighted by Gasteiger charge is 2.30. The smallest absolute Gasteiger partial charge is 0.256 e. The fraction of sp³-hybridized carbons (Fsp3) is 0.440. The molecule has 1 N–H and O–H groups in total. The van der Waals surface area contributed by atoms with Gasteiger partial charge in [-0.3, -0.25) is 9.69 Å². The predicted molar refractivity (Wildman–Crippen MR) is 136 cm³/mol. The van der Waals surface area contributed by atoms with Gasteiger partial charge in [-0.05, 0) is 63.5 Å². The number of likely N-dealkylation sites (N-methyl/N-ethyl adjacent to an activating group) is 1. The van der Waals surface area contributed by atoms with Gasteiger partial charge in [0.15, 0.2) is 5.65 Å². The molecule has 1 amide bonds. The highest BCUT2D eigenvalue weighted by Crippen LogP contribution is 2.36. The van der Waals surface area contributed by atoms with Crippen LogP contribution in [0.25, 0.3) is 5.65 Å². The summed E-state index contributed by atoms with van der Waals surface area (Å²) in [6, 6.07) is 4.96. The van der Waals surface area contributed by atoms with Crippen molar-refractivity contribution in [1.82, 2.24) is 24.8 Å². The van der Waals surface area contributed by atoms with E-state index in [-0.39, 0.29) is 24.4 Å². The molecule has 36 heavy (non-hydrogen) atoms. The van der Waals surface area contributed by atoms with Gasteiger partial charge in [0, 0.05) is 24.8 Å². The number of anilines is 1. The Morgan fingerprint density at radius 1 is 1.25 bits per heavy atom. The van der Waals surface area contributed by atoms with Crippen LogP contribution in [-0.2, 0) is 4.79 Å². The third-order valence-electron chi connectivity index (χ3n) is 6.35. The van der Waals surface area contributed by atoms with E-state index in [2.05, 4.69) is 15.4 Å². The van der Waals surface area contributed by atoms with Crippen LogP contribution in [-0.4, -0.2) is 64.9 Å². The number of fused-ring (bicyclic) bond motifs is 1. The maximum atomic E-state index is 14.5. The van der Waals surface area contributed by atoms with E-state index in [1.54, 1.807) is 12.3 Å². The number of carbonyl (C=O) groups is 2. The zero-order valence-corrected chi connectivity index (χ0v) is 21.0. The van der Waals surface area contributed by atoms with Gasteiger partial charge in [-0.25, -0.2) is 18.3 Å². The van der Waals surface area contributed by atoms with Crippen molar-refractivity contribution in [2.45, 2.75) is 38.1 Å². The van der Waals surface area contributed by atoms with Crippen molar-refractivity contribution in [2.75, 3.05) is 38.1 Å². The first-order valence-electron chi connectivity index (χ1n) is 11.9. The quantitative estimate of drug-likeness (QED) is 0.306. The summed E-state index contributed by atoms with van der Waals surface area (Å²) in [6.07, 6.45) is 8.33. The molecule has 1 fully saturated rings. The van der Waals surface area contributed by atoms with E-state index in [9.17, 15) is 18.4 Å². The van der Waals surface area contributed by atoms with Crippen molar-refractivity contribution in [1.29, 1.82) is 0 Å². The summed E-state index contributed by atoms with van der Waals surface area (Å²) >= 11 is 0. The van der Waals surface area contributed by atoms with Crippen molar-refractivity contribution >= 4 is 36.1 Å². The van der Waals surface area contributed by atoms with E-state index in [1.807, 2.05) is 16.8 Å². The Morgan fingerprint density at radius 3 is 2.89 bits per heavy atom. The van der Waals surface area contributed by atoms with Crippen molar-refractivity contribution in [3.63, 3.8) is 0 Å². The number of amides is 1. The average Bonchev–Trinajstić information content (AvgIpc) is 3.50. The standard InChI is InChI=1S/C25H30F2N6O2.ClH/c1-31(14-15-34)11-4-2-3-10-28-25(35)20-17-29-33-13-9-23(30-24(20)33)32-12-5-6-22(32)19-16-18(26)7-8-21(19)27;/h7-9,13,15-17,22H,2-6,10-12,14H2,1H3,(H,28,35);1H/t22-;/m1./s1. The van der Waals surface area contributed by atoms with Crippen molar-refractivity contribution in [3.05, 3.63) is 59.4 Å². The first kappa shape index (κ1) is 27.5. The zero-order valence-electron chi connectivity index (χ0n) is 20.2. The van der Waals surface area contributed by atoms with Gasteiger partial charge in [-0.15, -0.1) is 12.4 Å². The fourth-order valence-electron chi connectivity index (χ4n) is 4.51. The third-order valence-corrected chi connectivity index (χ3v) is 6.35. The number of aromatic nitrogens is 3. The highest BCUT2D eigenvalue weighted by atomic mass is 35.5. The van der Waals surface area contributed by atoms with Gasteiger partial charge in [-0.2, -0.15) is 5.10 Å². The van der Waals surface area contributed by atoms with Crippen molar-refractivity contribution < 1.29 is 18.4 Å². The molecule has 2 aromatic heterocycles. The summed E-state index contributed by atoms with van der Waals surface area (Å²) in [5.41, 5.74) is 1.10. The highest BCUT2D eigenvalue weighted by molar-refractivity contribution is 5.99. The summed E-state index contributed by atoms with van der Waals surface area (Å²) in [7, 11) is 1.90. The second-order valence-electron chi connectivity index (χ2n) is 8.87. The molecule has 0 spiro atoms. The molecule has 1 aliphatic rings. The molecular weight excluding hydrogens is 490 g/mol. The number of halogens is 3. The monoisotopic (exact) mass is 520 g/mol. The topological polar surface area (TPSA) is 82.8 Å². The number of nitrogens with one attached hydrogen (secondary N) is 1. The van der Waals surface area contributed by atoms with Crippen LogP contribution in [0, 0.1) is 11.6 Å². The van der Waals surface area contributed by atoms with E-state index >= 15 is 0 Å². The molecule has 1 aromatic carbocycles. The number of aldehydes is 1. The number of hydrogen-bond acceptors (Lipinski definition) is 6. The largest absolute Gasteiger partial charge is 0.352 e. The van der Waals surface area contributed by atoms with Gasteiger partial charge in [-0.1, -0.05) is 6.42 Å². The summed E-state index contributed by atoms with van der Waals surface area (Å²) < 4.78 is 29.8. The Kier molecular flexibility index (Phi) is 9.72. The molecule has 4 rings (SSSR count). The van der Waals surface area contributed by atoms with Gasteiger partial charge in [0.05, 0.1) is 18.8 Å². The lowest BCUT2D eigenvalue weighted by Gasteiger charge is -2.26. The van der Waals surface area contributed by atoms with Crippen LogP contribution in [0.15, 0.2) is 36.7 Å². The molecule has 11 heteroatoms. The summed E-state index contributed by atoms with van der Waals surface area (Å²) in [4.78, 5) is 31.9. The lowest BCUT2D eigenvalue weighted by molar-refractivity contribution is -0.108. The molecular formula is C25H31ClF2N6O2. The van der Waals surface area contributed by atoms with Crippen LogP contribution in [0.2, 0.25) is 0 Å². The SMILES string of the molecule is CN(CC=O)CCCCCNC(=O)c1cnn2ccc(N3CCC[C@@H]3c3cc(F)ccc3F)nc12.Cl. The van der Waals surface area contributed by atoms with Gasteiger partial charge < -0.3 is 15.0 Å². The lowest BCUT2D eigenvalue weighted by atomic mass is 10.0. The van der Waals surface area contributed by atoms with Crippen molar-refractivity contribution in [2.24, 2.45) is 0 Å². The molecule has 0 bridgehead atoms. The fourth-order valence-corrected chi connectivity index (χ4v) is 4.51. The number of benzene rings is 1. The number of unbranched alkanes of at least 4 members (excludes halogenated alkanes) is 2. The maximum absolute atomic E-state index is 14.5. The summed E-state index contributed by atoms with van der Waals surface area (Å²) in [6.45, 7) is 2.45. The first-order chi connectivity index (χ1) is 17.0. The van der Waals surface area contributed by atoms with Crippen LogP contribution in [0.5, 0.6) is 0 Å². The van der Waals surface area contributed by atoms with E-state index in [1.165, 1.54) is 16.8 Å². The Bertz CT molecular complexity index is 1190. The first-order valence-corrected chi connectivity index (χ1v) is 11.9. The Labute approximate surface area is 215 Å². The van der Waals surface area contributed by atoms with Crippen LogP contribution in [0.3, 0.4) is 0 Å². The third kappa shape index (κ3) is 6.36. The predicted octanol–water partition coefficient (Wildman–Crippen LogP) is 3.80. The number of nitrogens with zero attached hydrogens (tertiary/aromatic N) is 5. The Balaban J connectivity index is 0.00000361. The van der Waals surface area contributed by atoms with Crippen LogP contribution < -0.4 is 10.2 Å². The lowest BCUT2D eigenvalue weighted by Crippen LogP contribution is -2.26. The number of carbonyl (C=O) groups excluding carboxylic acids is 2. The minimum atomic E-state index is -0.473. The molecule has 0 unspecified atom stereocenters. The molecule has 0 radical (unpaired) electrons. The number of rotatable bonds is 11. The van der Waals surface area contributed by atoms with Gasteiger partial charge in [0.1, 0.15) is 29.3 Å². The molecule has 0 saturated carbocycles. The minimum Gasteiger partial charge on any atom is -0.352 e. The van der Waals surface area contributed by atoms with Gasteiger partial charge in [0.2, 0.25) is 0 Å². The van der Waals surface area contributed by atoms with Gasteiger partial charge >= 0.3 is 0 Å². The van der Waals surface area contributed by atoms with Crippen LogP contribution in [0.1, 0.15) is 54.1 Å². The zero-order chi connectivity index (χ0) is 24.8. The second kappa shape index (κ2) is 12.7. The summed E-state index contributed by atoms with van der Waals surface area (Å²) in [5, 5.41) is 7.16. The van der Waals surface area contributed by atoms with Crippen LogP contribution in [0.4, 0.5) is 14.6 Å². The Morgan fingerprint density at radius 2 is 2.08 bits per heavy atom. The van der Waals surface area contributed by atoms with Crippen LogP contribution >= 0.6 is 12.4 Å². The van der Waals surface area contributed by atoms with E-state index in [4.69, 9.17) is 0 Å². The molecule has 1 saturated heterocycles. The molecule has 8 nitrogen and oxygen atoms in total. The van der Waals surface area contributed by atoms with E-state index in [0.717, 1.165) is 50.6 Å². The molecule has 194 valence electrons. The van der Waals surface area contributed by atoms with Gasteiger partial charge in [0.25, 0.3) is 5.91 Å². The minimum absolute atomic E-state index is 0. The normalized spacial score (nSPS) is 15.3. The summed E-state index contributed by atoms with van der Waals surface area (Å²) in [5.74, 6) is -0.571. The average molecular weight is 521 g/mol. The maximum Gasteiger partial charge on any atom is 0.256 e. The molecule has 1 atom stereocenters. The molecule has 3 aromatic rings. The van der Waals surface area contributed by atoms with E-state index < -0.39 is 11.6 Å². The second-order valence-corrected chi connectivity index (χ2v) is 8.87. The molecule has 3 heterocycles. The van der Waals surface area contributed by atoms with E-state index in [0.29, 0.717) is 48.6 Å².